The second-order valence-corrected chi connectivity index (χ2v) is 4.69. The minimum absolute atomic E-state index is 0.294. The lowest BCUT2D eigenvalue weighted by Crippen LogP contribution is -2.33. The summed E-state index contributed by atoms with van der Waals surface area (Å²) in [6.45, 7) is 9.76. The minimum atomic E-state index is -0.979. The Morgan fingerprint density at radius 3 is 2.65 bits per heavy atom. The Bertz CT molecular complexity index is 291. The lowest BCUT2D eigenvalue weighted by atomic mass is 9.77. The van der Waals surface area contributed by atoms with Gasteiger partial charge in [-0.05, 0) is 38.5 Å². The van der Waals surface area contributed by atoms with Crippen molar-refractivity contribution in [2.45, 2.75) is 46.5 Å². The standard InChI is InChI=1S/C14H23NO2/c1-5-7-8-9-14(11-15,10-12(3)4)13(16)17-6-2/h5,12H,1,6-10H2,2-4H3. The molecule has 0 radical (unpaired) electrons. The molecule has 3 nitrogen and oxygen atoms in total. The molecular formula is C14H23NO2. The van der Waals surface area contributed by atoms with E-state index in [4.69, 9.17) is 4.74 Å². The number of unbranched alkanes of at least 4 members (excludes halogenated alkanes) is 1. The van der Waals surface area contributed by atoms with E-state index in [1.54, 1.807) is 6.92 Å². The van der Waals surface area contributed by atoms with Gasteiger partial charge in [-0.25, -0.2) is 0 Å². The normalized spacial score (nSPS) is 13.8. The van der Waals surface area contributed by atoms with Gasteiger partial charge in [0.15, 0.2) is 5.41 Å². The molecule has 17 heavy (non-hydrogen) atoms. The van der Waals surface area contributed by atoms with E-state index in [1.807, 2.05) is 19.9 Å². The van der Waals surface area contributed by atoms with Gasteiger partial charge in [-0.3, -0.25) is 4.79 Å². The Labute approximate surface area is 104 Å². The van der Waals surface area contributed by atoms with E-state index in [9.17, 15) is 10.1 Å². The van der Waals surface area contributed by atoms with E-state index in [1.165, 1.54) is 0 Å². The summed E-state index contributed by atoms with van der Waals surface area (Å²) >= 11 is 0. The lowest BCUT2D eigenvalue weighted by Gasteiger charge is -2.25. The third-order valence-electron chi connectivity index (χ3n) is 2.65. The first-order chi connectivity index (χ1) is 8.02. The first-order valence-corrected chi connectivity index (χ1v) is 6.21. The van der Waals surface area contributed by atoms with Gasteiger partial charge in [0.2, 0.25) is 0 Å². The minimum Gasteiger partial charge on any atom is -0.465 e. The fourth-order valence-electron chi connectivity index (χ4n) is 1.95. The maximum Gasteiger partial charge on any atom is 0.326 e. The molecule has 0 aliphatic carbocycles. The molecule has 0 bridgehead atoms. The number of carbonyl (C=O) groups excluding carboxylic acids is 1. The molecule has 0 saturated carbocycles. The van der Waals surface area contributed by atoms with Crippen molar-refractivity contribution in [1.29, 1.82) is 5.26 Å². The van der Waals surface area contributed by atoms with Gasteiger partial charge in [0.05, 0.1) is 12.7 Å². The van der Waals surface area contributed by atoms with Crippen molar-refractivity contribution in [3.63, 3.8) is 0 Å². The summed E-state index contributed by atoms with van der Waals surface area (Å²) in [5, 5.41) is 9.35. The maximum absolute atomic E-state index is 12.0. The van der Waals surface area contributed by atoms with Crippen LogP contribution in [0.25, 0.3) is 0 Å². The lowest BCUT2D eigenvalue weighted by molar-refractivity contribution is -0.153. The van der Waals surface area contributed by atoms with Gasteiger partial charge in [0.1, 0.15) is 0 Å². The Hall–Kier alpha value is -1.30. The highest BCUT2D eigenvalue weighted by Gasteiger charge is 2.40. The van der Waals surface area contributed by atoms with Crippen LogP contribution in [0.5, 0.6) is 0 Å². The summed E-state index contributed by atoms with van der Waals surface area (Å²) in [7, 11) is 0. The molecule has 0 aliphatic heterocycles. The Morgan fingerprint density at radius 2 is 2.24 bits per heavy atom. The van der Waals surface area contributed by atoms with Crippen LogP contribution in [0.3, 0.4) is 0 Å². The maximum atomic E-state index is 12.0. The summed E-state index contributed by atoms with van der Waals surface area (Å²) in [6.07, 6.45) is 4.53. The molecule has 0 spiro atoms. The van der Waals surface area contributed by atoms with Crippen molar-refractivity contribution in [2.75, 3.05) is 6.61 Å². The van der Waals surface area contributed by atoms with Gasteiger partial charge < -0.3 is 4.74 Å². The van der Waals surface area contributed by atoms with Crippen molar-refractivity contribution in [3.05, 3.63) is 12.7 Å². The summed E-state index contributed by atoms with van der Waals surface area (Å²) in [6, 6.07) is 2.18. The number of ether oxygens (including phenoxy) is 1. The summed E-state index contributed by atoms with van der Waals surface area (Å²) in [5.41, 5.74) is -0.979. The van der Waals surface area contributed by atoms with Crippen LogP contribution in [-0.2, 0) is 9.53 Å². The van der Waals surface area contributed by atoms with Crippen LogP contribution in [0.4, 0.5) is 0 Å². The van der Waals surface area contributed by atoms with Gasteiger partial charge in [-0.1, -0.05) is 19.9 Å². The zero-order valence-corrected chi connectivity index (χ0v) is 11.2. The average molecular weight is 237 g/mol. The molecule has 0 N–H and O–H groups in total. The molecule has 1 unspecified atom stereocenters. The van der Waals surface area contributed by atoms with E-state index in [0.717, 1.165) is 12.8 Å². The van der Waals surface area contributed by atoms with Gasteiger partial charge in [0.25, 0.3) is 0 Å². The summed E-state index contributed by atoms with van der Waals surface area (Å²) < 4.78 is 5.04. The molecule has 0 fully saturated rings. The van der Waals surface area contributed by atoms with Crippen LogP contribution in [0.15, 0.2) is 12.7 Å². The van der Waals surface area contributed by atoms with Gasteiger partial charge in [0, 0.05) is 0 Å². The number of hydrogen-bond donors (Lipinski definition) is 0. The van der Waals surface area contributed by atoms with Crippen LogP contribution < -0.4 is 0 Å². The average Bonchev–Trinajstić information content (AvgIpc) is 2.27. The number of hydrogen-bond acceptors (Lipinski definition) is 3. The molecule has 0 aromatic rings. The molecule has 0 rings (SSSR count). The van der Waals surface area contributed by atoms with Crippen molar-refractivity contribution in [1.82, 2.24) is 0 Å². The Morgan fingerprint density at radius 1 is 1.59 bits per heavy atom. The Kier molecular flexibility index (Phi) is 7.29. The SMILES string of the molecule is C=CCCCC(C#N)(CC(C)C)C(=O)OCC. The van der Waals surface area contributed by atoms with Gasteiger partial charge in [-0.2, -0.15) is 5.26 Å². The molecule has 0 aromatic carbocycles. The number of nitrogens with zero attached hydrogens (tertiary/aromatic N) is 1. The van der Waals surface area contributed by atoms with Crippen molar-refractivity contribution in [2.24, 2.45) is 11.3 Å². The third kappa shape index (κ3) is 5.04. The topological polar surface area (TPSA) is 50.1 Å². The number of nitriles is 1. The van der Waals surface area contributed by atoms with Crippen LogP contribution in [0, 0.1) is 22.7 Å². The smallest absolute Gasteiger partial charge is 0.326 e. The highest BCUT2D eigenvalue weighted by Crippen LogP contribution is 2.33. The quantitative estimate of drug-likeness (QED) is 0.369. The highest BCUT2D eigenvalue weighted by atomic mass is 16.5. The monoisotopic (exact) mass is 237 g/mol. The van der Waals surface area contributed by atoms with E-state index in [2.05, 4.69) is 12.6 Å². The van der Waals surface area contributed by atoms with Crippen molar-refractivity contribution >= 4 is 5.97 Å². The van der Waals surface area contributed by atoms with Crippen molar-refractivity contribution < 1.29 is 9.53 Å². The van der Waals surface area contributed by atoms with Crippen LogP contribution in [0.2, 0.25) is 0 Å². The fourth-order valence-corrected chi connectivity index (χ4v) is 1.95. The molecule has 1 atom stereocenters. The molecule has 0 heterocycles. The zero-order chi connectivity index (χ0) is 13.3. The third-order valence-corrected chi connectivity index (χ3v) is 2.65. The van der Waals surface area contributed by atoms with E-state index in [-0.39, 0.29) is 5.97 Å². The second-order valence-electron chi connectivity index (χ2n) is 4.69. The van der Waals surface area contributed by atoms with Crippen LogP contribution >= 0.6 is 0 Å². The summed E-state index contributed by atoms with van der Waals surface area (Å²) in [4.78, 5) is 12.0. The number of esters is 1. The number of allylic oxidation sites excluding steroid dienone is 1. The molecule has 0 saturated heterocycles. The predicted molar refractivity (Wildman–Crippen MR) is 68.2 cm³/mol. The molecule has 0 amide bonds. The largest absolute Gasteiger partial charge is 0.465 e. The number of rotatable bonds is 8. The highest BCUT2D eigenvalue weighted by molar-refractivity contribution is 5.80. The fraction of sp³-hybridized carbons (Fsp3) is 0.714. The predicted octanol–water partition coefficient (Wildman–Crippen LogP) is 3.46. The van der Waals surface area contributed by atoms with E-state index in [0.29, 0.717) is 25.4 Å². The molecule has 0 aromatic heterocycles. The molecule has 0 aliphatic rings. The van der Waals surface area contributed by atoms with Gasteiger partial charge >= 0.3 is 5.97 Å². The molecule has 3 heteroatoms. The molecular weight excluding hydrogens is 214 g/mol. The van der Waals surface area contributed by atoms with Gasteiger partial charge in [-0.15, -0.1) is 6.58 Å². The van der Waals surface area contributed by atoms with E-state index < -0.39 is 5.41 Å². The Balaban J connectivity index is 4.81. The van der Waals surface area contributed by atoms with Crippen LogP contribution in [-0.4, -0.2) is 12.6 Å². The van der Waals surface area contributed by atoms with E-state index >= 15 is 0 Å². The molecule has 96 valence electrons. The first-order valence-electron chi connectivity index (χ1n) is 6.21. The van der Waals surface area contributed by atoms with Crippen molar-refractivity contribution in [3.8, 4) is 6.07 Å². The number of carbonyl (C=O) groups is 1. The zero-order valence-electron chi connectivity index (χ0n) is 11.2. The second kappa shape index (κ2) is 7.89. The summed E-state index contributed by atoms with van der Waals surface area (Å²) in [5.74, 6) is -0.0805. The first kappa shape index (κ1) is 15.7. The van der Waals surface area contributed by atoms with Crippen LogP contribution in [0.1, 0.15) is 46.5 Å².